The van der Waals surface area contributed by atoms with Crippen LogP contribution in [0.3, 0.4) is 0 Å². The van der Waals surface area contributed by atoms with E-state index in [1.165, 1.54) is 12.1 Å². The van der Waals surface area contributed by atoms with Gasteiger partial charge in [0.05, 0.1) is 5.56 Å². The van der Waals surface area contributed by atoms with Crippen LogP contribution >= 0.6 is 0 Å². The Morgan fingerprint density at radius 2 is 2.05 bits per heavy atom. The predicted octanol–water partition coefficient (Wildman–Crippen LogP) is 1.43. The summed E-state index contributed by atoms with van der Waals surface area (Å²) < 4.78 is 5.22. The van der Waals surface area contributed by atoms with Crippen LogP contribution in [0.15, 0.2) is 24.3 Å². The van der Waals surface area contributed by atoms with E-state index < -0.39 is 5.97 Å². The average molecular weight is 263 g/mol. The first kappa shape index (κ1) is 13.5. The van der Waals surface area contributed by atoms with Crippen LogP contribution in [0, 0.1) is 5.92 Å². The number of ether oxygens (including phenoxy) is 1. The van der Waals surface area contributed by atoms with E-state index in [0.717, 1.165) is 18.6 Å². The number of carbonyl (C=O) groups is 2. The van der Waals surface area contributed by atoms with Gasteiger partial charge in [0.15, 0.2) is 0 Å². The molecular weight excluding hydrogens is 246 g/mol. The summed E-state index contributed by atoms with van der Waals surface area (Å²) in [5, 5.41) is 11.6. The number of rotatable bonds is 5. The molecule has 1 atom stereocenters. The first-order chi connectivity index (χ1) is 9.15. The zero-order valence-electron chi connectivity index (χ0n) is 10.6. The highest BCUT2D eigenvalue weighted by Crippen LogP contribution is 2.15. The number of hydrogen-bond donors (Lipinski definition) is 2. The Kier molecular flexibility index (Phi) is 4.52. The van der Waals surface area contributed by atoms with Crippen LogP contribution in [-0.2, 0) is 16.1 Å². The van der Waals surface area contributed by atoms with Gasteiger partial charge in [-0.3, -0.25) is 4.79 Å². The summed E-state index contributed by atoms with van der Waals surface area (Å²) in [6.45, 7) is 1.83. The molecule has 0 radical (unpaired) electrons. The van der Waals surface area contributed by atoms with Gasteiger partial charge in [-0.1, -0.05) is 12.1 Å². The van der Waals surface area contributed by atoms with E-state index in [1.807, 2.05) is 0 Å². The molecule has 1 unspecified atom stereocenters. The lowest BCUT2D eigenvalue weighted by Crippen LogP contribution is -2.25. The number of carboxylic acids is 1. The molecular formula is C14H17NO4. The zero-order chi connectivity index (χ0) is 13.7. The number of benzene rings is 1. The van der Waals surface area contributed by atoms with Gasteiger partial charge in [-0.05, 0) is 30.0 Å². The molecule has 5 nitrogen and oxygen atoms in total. The lowest BCUT2D eigenvalue weighted by molar-refractivity contribution is -0.122. The second kappa shape index (κ2) is 6.33. The van der Waals surface area contributed by atoms with Crippen molar-refractivity contribution in [2.45, 2.75) is 19.4 Å². The van der Waals surface area contributed by atoms with Gasteiger partial charge in [-0.25, -0.2) is 4.79 Å². The fourth-order valence-electron chi connectivity index (χ4n) is 2.04. The molecule has 1 saturated heterocycles. The number of hydrogen-bond acceptors (Lipinski definition) is 3. The van der Waals surface area contributed by atoms with Gasteiger partial charge in [0.1, 0.15) is 0 Å². The van der Waals surface area contributed by atoms with Crippen LogP contribution < -0.4 is 5.32 Å². The molecule has 2 rings (SSSR count). The van der Waals surface area contributed by atoms with E-state index in [2.05, 4.69) is 5.32 Å². The van der Waals surface area contributed by atoms with Crippen LogP contribution in [-0.4, -0.2) is 30.2 Å². The van der Waals surface area contributed by atoms with Crippen molar-refractivity contribution >= 4 is 11.9 Å². The summed E-state index contributed by atoms with van der Waals surface area (Å²) in [4.78, 5) is 22.4. The molecule has 0 aromatic heterocycles. The molecule has 1 aromatic carbocycles. The lowest BCUT2D eigenvalue weighted by Gasteiger charge is -2.08. The number of amides is 1. The van der Waals surface area contributed by atoms with Crippen molar-refractivity contribution in [3.05, 3.63) is 35.4 Å². The maximum atomic E-state index is 11.7. The van der Waals surface area contributed by atoms with E-state index >= 15 is 0 Å². The minimum Gasteiger partial charge on any atom is -0.478 e. The Morgan fingerprint density at radius 1 is 1.32 bits per heavy atom. The molecule has 2 N–H and O–H groups in total. The van der Waals surface area contributed by atoms with Crippen molar-refractivity contribution in [1.82, 2.24) is 5.32 Å². The number of aromatic carboxylic acids is 1. The monoisotopic (exact) mass is 263 g/mol. The molecule has 1 heterocycles. The Morgan fingerprint density at radius 3 is 2.63 bits per heavy atom. The Hall–Kier alpha value is -1.88. The van der Waals surface area contributed by atoms with E-state index in [4.69, 9.17) is 9.84 Å². The molecule has 0 saturated carbocycles. The second-order valence-corrected chi connectivity index (χ2v) is 4.71. The zero-order valence-corrected chi connectivity index (χ0v) is 10.6. The smallest absolute Gasteiger partial charge is 0.335 e. The molecule has 0 bridgehead atoms. The van der Waals surface area contributed by atoms with Gasteiger partial charge in [-0.2, -0.15) is 0 Å². The summed E-state index contributed by atoms with van der Waals surface area (Å²) in [6, 6.07) is 6.49. The first-order valence-corrected chi connectivity index (χ1v) is 6.32. The van der Waals surface area contributed by atoms with E-state index in [-0.39, 0.29) is 11.5 Å². The fraction of sp³-hybridized carbons (Fsp3) is 0.429. The first-order valence-electron chi connectivity index (χ1n) is 6.32. The summed E-state index contributed by atoms with van der Waals surface area (Å²) >= 11 is 0. The number of carbonyl (C=O) groups excluding carboxylic acids is 1. The Balaban J connectivity index is 1.77. The quantitative estimate of drug-likeness (QED) is 0.842. The fourth-order valence-corrected chi connectivity index (χ4v) is 2.04. The molecule has 19 heavy (non-hydrogen) atoms. The Labute approximate surface area is 111 Å². The van der Waals surface area contributed by atoms with Gasteiger partial charge in [-0.15, -0.1) is 0 Å². The summed E-state index contributed by atoms with van der Waals surface area (Å²) in [7, 11) is 0. The average Bonchev–Trinajstić information content (AvgIpc) is 2.89. The molecule has 1 amide bonds. The minimum absolute atomic E-state index is 0.0119. The molecule has 1 aliphatic rings. The molecule has 1 fully saturated rings. The lowest BCUT2D eigenvalue weighted by atomic mass is 10.0. The SMILES string of the molecule is O=C(CC1CCOC1)NCc1ccc(C(=O)O)cc1. The normalized spacial score (nSPS) is 18.2. The highest BCUT2D eigenvalue weighted by molar-refractivity contribution is 5.87. The Bertz CT molecular complexity index is 449. The highest BCUT2D eigenvalue weighted by atomic mass is 16.5. The predicted molar refractivity (Wildman–Crippen MR) is 68.8 cm³/mol. The largest absolute Gasteiger partial charge is 0.478 e. The highest BCUT2D eigenvalue weighted by Gasteiger charge is 2.18. The van der Waals surface area contributed by atoms with Crippen LogP contribution in [0.4, 0.5) is 0 Å². The van der Waals surface area contributed by atoms with Crippen LogP contribution in [0.1, 0.15) is 28.8 Å². The maximum absolute atomic E-state index is 11.7. The second-order valence-electron chi connectivity index (χ2n) is 4.71. The minimum atomic E-state index is -0.947. The number of carboxylic acid groups (broad SMARTS) is 1. The van der Waals surface area contributed by atoms with Crippen LogP contribution in [0.2, 0.25) is 0 Å². The van der Waals surface area contributed by atoms with Gasteiger partial charge in [0.2, 0.25) is 5.91 Å². The van der Waals surface area contributed by atoms with Gasteiger partial charge in [0.25, 0.3) is 0 Å². The maximum Gasteiger partial charge on any atom is 0.335 e. The molecule has 1 aromatic rings. The topological polar surface area (TPSA) is 75.6 Å². The van der Waals surface area contributed by atoms with Crippen molar-refractivity contribution < 1.29 is 19.4 Å². The molecule has 102 valence electrons. The molecule has 0 aliphatic carbocycles. The third kappa shape index (κ3) is 4.06. The van der Waals surface area contributed by atoms with Crippen LogP contribution in [0.25, 0.3) is 0 Å². The van der Waals surface area contributed by atoms with Crippen molar-refractivity contribution in [3.8, 4) is 0 Å². The summed E-state index contributed by atoms with van der Waals surface area (Å²) in [6.07, 6.45) is 1.44. The van der Waals surface area contributed by atoms with E-state index in [0.29, 0.717) is 25.5 Å². The van der Waals surface area contributed by atoms with Crippen molar-refractivity contribution in [1.29, 1.82) is 0 Å². The standard InChI is InChI=1S/C14H17NO4/c16-13(7-11-5-6-19-9-11)15-8-10-1-3-12(4-2-10)14(17)18/h1-4,11H,5-9H2,(H,15,16)(H,17,18). The van der Waals surface area contributed by atoms with E-state index in [9.17, 15) is 9.59 Å². The summed E-state index contributed by atoms with van der Waals surface area (Å²) in [5.74, 6) is -0.607. The molecule has 5 heteroatoms. The third-order valence-corrected chi connectivity index (χ3v) is 3.19. The van der Waals surface area contributed by atoms with Crippen molar-refractivity contribution in [2.24, 2.45) is 5.92 Å². The third-order valence-electron chi connectivity index (χ3n) is 3.19. The van der Waals surface area contributed by atoms with Crippen LogP contribution in [0.5, 0.6) is 0 Å². The summed E-state index contributed by atoms with van der Waals surface area (Å²) in [5.41, 5.74) is 1.14. The molecule has 0 spiro atoms. The van der Waals surface area contributed by atoms with Crippen molar-refractivity contribution in [2.75, 3.05) is 13.2 Å². The van der Waals surface area contributed by atoms with Gasteiger partial charge < -0.3 is 15.2 Å². The number of nitrogens with one attached hydrogen (secondary N) is 1. The van der Waals surface area contributed by atoms with Gasteiger partial charge >= 0.3 is 5.97 Å². The molecule has 1 aliphatic heterocycles. The van der Waals surface area contributed by atoms with Crippen molar-refractivity contribution in [3.63, 3.8) is 0 Å². The van der Waals surface area contributed by atoms with Gasteiger partial charge in [0, 0.05) is 26.2 Å². The van der Waals surface area contributed by atoms with E-state index in [1.54, 1.807) is 12.1 Å².